The molecule has 1 fully saturated rings. The summed E-state index contributed by atoms with van der Waals surface area (Å²) >= 11 is 1.22. The van der Waals surface area contributed by atoms with E-state index in [-0.39, 0.29) is 5.56 Å². The summed E-state index contributed by atoms with van der Waals surface area (Å²) in [5.74, 6) is -0.816. The van der Waals surface area contributed by atoms with Crippen molar-refractivity contribution in [3.05, 3.63) is 27.5 Å². The third-order valence-electron chi connectivity index (χ3n) is 3.87. The summed E-state index contributed by atoms with van der Waals surface area (Å²) < 4.78 is 0. The second kappa shape index (κ2) is 4.66. The molecule has 5 nitrogen and oxygen atoms in total. The molecule has 2 aliphatic carbocycles. The zero-order valence-electron chi connectivity index (χ0n) is 10.7. The monoisotopic (exact) mass is 296 g/mol. The number of carboxylic acid groups (broad SMARTS) is 1. The maximum absolute atomic E-state index is 11.3. The fourth-order valence-corrected chi connectivity index (χ4v) is 3.66. The van der Waals surface area contributed by atoms with E-state index < -0.39 is 30.2 Å². The molecule has 1 heterocycles. The molecule has 1 aromatic heterocycles. The van der Waals surface area contributed by atoms with Gasteiger partial charge in [0.25, 0.3) is 0 Å². The van der Waals surface area contributed by atoms with E-state index in [1.807, 2.05) is 6.08 Å². The zero-order valence-corrected chi connectivity index (χ0v) is 11.5. The van der Waals surface area contributed by atoms with Crippen LogP contribution in [-0.4, -0.2) is 32.5 Å². The quantitative estimate of drug-likeness (QED) is 0.673. The number of aliphatic hydroxyl groups excluding tert-OH is 2. The van der Waals surface area contributed by atoms with Crippen molar-refractivity contribution in [2.24, 2.45) is 5.92 Å². The predicted molar refractivity (Wildman–Crippen MR) is 73.2 cm³/mol. The number of rotatable bonds is 3. The molecule has 6 heteroatoms. The SMILES string of the molecule is O=C(O)[C@@]1(O)C[C@@H](O)[C@H](O)c2sc(C=CC3CC3)cc21. The van der Waals surface area contributed by atoms with E-state index in [4.69, 9.17) is 0 Å². The molecule has 3 atom stereocenters. The number of carbonyl (C=O) groups is 1. The first-order valence-corrected chi connectivity index (χ1v) is 7.38. The van der Waals surface area contributed by atoms with Gasteiger partial charge >= 0.3 is 5.97 Å². The van der Waals surface area contributed by atoms with E-state index in [2.05, 4.69) is 6.08 Å². The molecule has 1 saturated carbocycles. The van der Waals surface area contributed by atoms with Gasteiger partial charge in [0.1, 0.15) is 6.10 Å². The summed E-state index contributed by atoms with van der Waals surface area (Å²) in [4.78, 5) is 12.4. The summed E-state index contributed by atoms with van der Waals surface area (Å²) in [7, 11) is 0. The highest BCUT2D eigenvalue weighted by Crippen LogP contribution is 2.45. The Bertz CT molecular complexity index is 574. The lowest BCUT2D eigenvalue weighted by Gasteiger charge is -2.34. The number of aliphatic carboxylic acids is 1. The maximum Gasteiger partial charge on any atom is 0.340 e. The molecular formula is C14H16O5S. The Morgan fingerprint density at radius 3 is 2.70 bits per heavy atom. The van der Waals surface area contributed by atoms with Crippen LogP contribution in [0.1, 0.15) is 40.7 Å². The molecule has 1 aromatic rings. The second-order valence-electron chi connectivity index (χ2n) is 5.50. The van der Waals surface area contributed by atoms with Gasteiger partial charge in [0, 0.05) is 21.7 Å². The molecule has 0 bridgehead atoms. The largest absolute Gasteiger partial charge is 0.479 e. The molecule has 0 spiro atoms. The minimum atomic E-state index is -2.13. The lowest BCUT2D eigenvalue weighted by molar-refractivity contribution is -0.168. The van der Waals surface area contributed by atoms with E-state index in [1.165, 1.54) is 24.2 Å². The van der Waals surface area contributed by atoms with Gasteiger partial charge in [0.05, 0.1) is 6.10 Å². The topological polar surface area (TPSA) is 98.0 Å². The fraction of sp³-hybridized carbons (Fsp3) is 0.500. The summed E-state index contributed by atoms with van der Waals surface area (Å²) in [6.45, 7) is 0. The lowest BCUT2D eigenvalue weighted by atomic mass is 9.80. The summed E-state index contributed by atoms with van der Waals surface area (Å²) in [5, 5.41) is 39.3. The molecule has 108 valence electrons. The molecule has 0 unspecified atom stereocenters. The molecule has 4 N–H and O–H groups in total. The van der Waals surface area contributed by atoms with Crippen LogP contribution in [0.15, 0.2) is 12.1 Å². The third kappa shape index (κ3) is 2.18. The average Bonchev–Trinajstić information content (AvgIpc) is 3.11. The van der Waals surface area contributed by atoms with Gasteiger partial charge in [-0.1, -0.05) is 6.08 Å². The Kier molecular flexibility index (Phi) is 3.21. The van der Waals surface area contributed by atoms with Crippen molar-refractivity contribution < 1.29 is 25.2 Å². The highest BCUT2D eigenvalue weighted by molar-refractivity contribution is 7.13. The third-order valence-corrected chi connectivity index (χ3v) is 5.04. The van der Waals surface area contributed by atoms with Gasteiger partial charge in [0.15, 0.2) is 5.60 Å². The first-order chi connectivity index (χ1) is 9.41. The maximum atomic E-state index is 11.3. The van der Waals surface area contributed by atoms with Gasteiger partial charge in [-0.2, -0.15) is 0 Å². The zero-order chi connectivity index (χ0) is 14.5. The van der Waals surface area contributed by atoms with Gasteiger partial charge in [-0.05, 0) is 30.9 Å². The smallest absolute Gasteiger partial charge is 0.340 e. The van der Waals surface area contributed by atoms with Gasteiger partial charge in [-0.25, -0.2) is 4.79 Å². The van der Waals surface area contributed by atoms with Crippen molar-refractivity contribution in [2.45, 2.75) is 37.1 Å². The molecule has 0 aliphatic heterocycles. The molecule has 0 aromatic carbocycles. The molecule has 0 radical (unpaired) electrons. The first-order valence-electron chi connectivity index (χ1n) is 6.56. The van der Waals surface area contributed by atoms with Crippen molar-refractivity contribution >= 4 is 23.4 Å². The molecule has 2 aliphatic rings. The molecule has 20 heavy (non-hydrogen) atoms. The summed E-state index contributed by atoms with van der Waals surface area (Å²) in [5.41, 5.74) is -1.93. The van der Waals surface area contributed by atoms with Gasteiger partial charge < -0.3 is 20.4 Å². The van der Waals surface area contributed by atoms with E-state index in [0.29, 0.717) is 10.8 Å². The number of fused-ring (bicyclic) bond motifs is 1. The Morgan fingerprint density at radius 2 is 2.10 bits per heavy atom. The van der Waals surface area contributed by atoms with E-state index in [0.717, 1.165) is 4.88 Å². The molecule has 3 rings (SSSR count). The van der Waals surface area contributed by atoms with Crippen LogP contribution >= 0.6 is 11.3 Å². The van der Waals surface area contributed by atoms with Crippen molar-refractivity contribution in [1.82, 2.24) is 0 Å². The van der Waals surface area contributed by atoms with Crippen LogP contribution in [0.5, 0.6) is 0 Å². The van der Waals surface area contributed by atoms with Crippen molar-refractivity contribution in [1.29, 1.82) is 0 Å². The number of hydrogen-bond donors (Lipinski definition) is 4. The molecular weight excluding hydrogens is 280 g/mol. The van der Waals surface area contributed by atoms with Crippen molar-refractivity contribution in [2.75, 3.05) is 0 Å². The van der Waals surface area contributed by atoms with Crippen LogP contribution in [0.2, 0.25) is 0 Å². The van der Waals surface area contributed by atoms with Crippen LogP contribution in [0.4, 0.5) is 0 Å². The summed E-state index contributed by atoms with van der Waals surface area (Å²) in [6, 6.07) is 1.60. The van der Waals surface area contributed by atoms with E-state index >= 15 is 0 Å². The van der Waals surface area contributed by atoms with Crippen molar-refractivity contribution in [3.63, 3.8) is 0 Å². The van der Waals surface area contributed by atoms with Gasteiger partial charge in [-0.15, -0.1) is 11.3 Å². The van der Waals surface area contributed by atoms with Crippen LogP contribution < -0.4 is 0 Å². The minimum absolute atomic E-state index is 0.197. The second-order valence-corrected chi connectivity index (χ2v) is 6.62. The Hall–Kier alpha value is -1.21. The van der Waals surface area contributed by atoms with Gasteiger partial charge in [0.2, 0.25) is 0 Å². The minimum Gasteiger partial charge on any atom is -0.479 e. The normalized spacial score (nSPS) is 33.4. The van der Waals surface area contributed by atoms with E-state index in [1.54, 1.807) is 6.07 Å². The number of allylic oxidation sites excluding steroid dienone is 1. The highest BCUT2D eigenvalue weighted by Gasteiger charge is 2.49. The first kappa shape index (κ1) is 13.8. The Morgan fingerprint density at radius 1 is 1.40 bits per heavy atom. The van der Waals surface area contributed by atoms with Gasteiger partial charge in [-0.3, -0.25) is 0 Å². The number of carboxylic acids is 1. The average molecular weight is 296 g/mol. The number of thiophene rings is 1. The summed E-state index contributed by atoms with van der Waals surface area (Å²) in [6.07, 6.45) is 3.46. The molecule has 0 saturated heterocycles. The standard InChI is InChI=1S/C14H16O5S/c15-10-6-14(19,13(17)18)9-5-8(4-3-7-1-2-7)20-12(9)11(10)16/h3-5,7,10-11,15-16,19H,1-2,6H2,(H,17,18)/t10-,11+,14-/m1/s1. The Labute approximate surface area is 119 Å². The predicted octanol–water partition coefficient (Wildman–Crippen LogP) is 1.24. The van der Waals surface area contributed by atoms with Crippen LogP contribution in [-0.2, 0) is 10.4 Å². The van der Waals surface area contributed by atoms with Crippen molar-refractivity contribution in [3.8, 4) is 0 Å². The number of hydrogen-bond acceptors (Lipinski definition) is 5. The molecule has 0 amide bonds. The highest BCUT2D eigenvalue weighted by atomic mass is 32.1. The fourth-order valence-electron chi connectivity index (χ4n) is 2.47. The van der Waals surface area contributed by atoms with E-state index in [9.17, 15) is 25.2 Å². The lowest BCUT2D eigenvalue weighted by Crippen LogP contribution is -2.44. The number of aliphatic hydroxyl groups is 3. The van der Waals surface area contributed by atoms with Crippen LogP contribution in [0, 0.1) is 5.92 Å². The van der Waals surface area contributed by atoms with Crippen LogP contribution in [0.3, 0.4) is 0 Å². The Balaban J connectivity index is 2.02. The van der Waals surface area contributed by atoms with Crippen LogP contribution in [0.25, 0.3) is 6.08 Å².